The summed E-state index contributed by atoms with van der Waals surface area (Å²) >= 11 is 5.85. The van der Waals surface area contributed by atoms with Gasteiger partial charge in [0.05, 0.1) is 13.2 Å². The van der Waals surface area contributed by atoms with E-state index in [1.54, 1.807) is 13.3 Å². The third kappa shape index (κ3) is 4.27. The van der Waals surface area contributed by atoms with Crippen LogP contribution in [0.2, 0.25) is 0 Å². The molecule has 0 aromatic carbocycles. The average Bonchev–Trinajstić information content (AvgIpc) is 2.63. The summed E-state index contributed by atoms with van der Waals surface area (Å²) in [5, 5.41) is 2.51. The van der Waals surface area contributed by atoms with E-state index >= 15 is 0 Å². The fourth-order valence-corrected chi connectivity index (χ4v) is 3.16. The summed E-state index contributed by atoms with van der Waals surface area (Å²) in [4.78, 5) is 25.1. The quantitative estimate of drug-likeness (QED) is 0.815. The molecule has 1 N–H and O–H groups in total. The highest BCUT2D eigenvalue weighted by Crippen LogP contribution is 2.22. The Morgan fingerprint density at radius 3 is 2.71 bits per heavy atom. The number of halogens is 1. The largest absolute Gasteiger partial charge is 0.378 e. The van der Waals surface area contributed by atoms with Gasteiger partial charge >= 0.3 is 0 Å². The Morgan fingerprint density at radius 1 is 1.29 bits per heavy atom. The molecular weight excluding hydrogens is 330 g/mol. The third-order valence-corrected chi connectivity index (χ3v) is 4.62. The molecule has 2 aliphatic heterocycles. The van der Waals surface area contributed by atoms with E-state index < -0.39 is 5.38 Å². The number of amides is 1. The van der Waals surface area contributed by atoms with Crippen LogP contribution in [0.25, 0.3) is 0 Å². The second-order valence-corrected chi connectivity index (χ2v) is 6.90. The summed E-state index contributed by atoms with van der Waals surface area (Å²) in [5.41, 5.74) is 0. The number of hydrogen-bond donors (Lipinski definition) is 1. The van der Waals surface area contributed by atoms with E-state index in [4.69, 9.17) is 16.3 Å². The number of nitrogens with zero attached hydrogens (tertiary/aromatic N) is 4. The van der Waals surface area contributed by atoms with E-state index in [9.17, 15) is 4.79 Å². The van der Waals surface area contributed by atoms with Gasteiger partial charge < -0.3 is 19.9 Å². The van der Waals surface area contributed by atoms with Crippen LogP contribution < -0.4 is 15.1 Å². The number of alkyl halides is 1. The van der Waals surface area contributed by atoms with Crippen LogP contribution >= 0.6 is 11.6 Å². The molecule has 2 atom stereocenters. The predicted octanol–water partition coefficient (Wildman–Crippen LogP) is 1.03. The lowest BCUT2D eigenvalue weighted by molar-refractivity contribution is -0.121. The minimum absolute atomic E-state index is 0.106. The van der Waals surface area contributed by atoms with Crippen LogP contribution in [0.15, 0.2) is 12.4 Å². The second-order valence-electron chi connectivity index (χ2n) is 6.24. The van der Waals surface area contributed by atoms with Gasteiger partial charge in [0.15, 0.2) is 0 Å². The van der Waals surface area contributed by atoms with Crippen LogP contribution in [0, 0.1) is 0 Å². The van der Waals surface area contributed by atoms with Gasteiger partial charge in [-0.05, 0) is 19.8 Å². The molecule has 0 radical (unpaired) electrons. The van der Waals surface area contributed by atoms with Crippen molar-refractivity contribution >= 4 is 29.1 Å². The molecule has 0 spiro atoms. The molecule has 3 heterocycles. The van der Waals surface area contributed by atoms with Crippen molar-refractivity contribution < 1.29 is 9.53 Å². The van der Waals surface area contributed by atoms with Crippen molar-refractivity contribution in [3.8, 4) is 0 Å². The number of carbonyl (C=O) groups excluding carboxylic acids is 1. The average molecular weight is 354 g/mol. The van der Waals surface area contributed by atoms with Gasteiger partial charge in [0, 0.05) is 38.3 Å². The molecule has 2 aliphatic rings. The molecular formula is C16H24ClN5O2. The molecule has 1 aromatic rings. The van der Waals surface area contributed by atoms with E-state index in [-0.39, 0.29) is 11.9 Å². The van der Waals surface area contributed by atoms with Crippen molar-refractivity contribution in [1.29, 1.82) is 0 Å². The zero-order valence-electron chi connectivity index (χ0n) is 13.9. The number of hydrogen-bond acceptors (Lipinski definition) is 6. The number of morpholine rings is 1. The van der Waals surface area contributed by atoms with Gasteiger partial charge in [-0.3, -0.25) is 4.79 Å². The van der Waals surface area contributed by atoms with E-state index in [1.807, 2.05) is 6.07 Å². The van der Waals surface area contributed by atoms with Crippen LogP contribution in [-0.2, 0) is 9.53 Å². The Bertz CT molecular complexity index is 565. The number of carbonyl (C=O) groups is 1. The molecule has 7 nitrogen and oxygen atoms in total. The first kappa shape index (κ1) is 17.2. The first-order valence-electron chi connectivity index (χ1n) is 8.47. The molecule has 132 valence electrons. The van der Waals surface area contributed by atoms with Crippen LogP contribution in [0.4, 0.5) is 11.6 Å². The Morgan fingerprint density at radius 2 is 2.00 bits per heavy atom. The van der Waals surface area contributed by atoms with Gasteiger partial charge in [-0.15, -0.1) is 11.6 Å². The molecule has 2 unspecified atom stereocenters. The maximum atomic E-state index is 11.8. The van der Waals surface area contributed by atoms with Gasteiger partial charge in [-0.2, -0.15) is 0 Å². The van der Waals surface area contributed by atoms with Crippen molar-refractivity contribution in [3.05, 3.63) is 12.4 Å². The maximum absolute atomic E-state index is 11.8. The van der Waals surface area contributed by atoms with Gasteiger partial charge in [0.25, 0.3) is 0 Å². The van der Waals surface area contributed by atoms with Crippen molar-refractivity contribution in [2.24, 2.45) is 0 Å². The smallest absolute Gasteiger partial charge is 0.238 e. The number of rotatable bonds is 4. The lowest BCUT2D eigenvalue weighted by Crippen LogP contribution is -2.49. The van der Waals surface area contributed by atoms with Gasteiger partial charge in [0.2, 0.25) is 5.91 Å². The lowest BCUT2D eigenvalue weighted by Gasteiger charge is -2.35. The van der Waals surface area contributed by atoms with E-state index in [2.05, 4.69) is 25.1 Å². The first-order valence-corrected chi connectivity index (χ1v) is 8.91. The Kier molecular flexibility index (Phi) is 5.73. The fourth-order valence-electron chi connectivity index (χ4n) is 3.09. The van der Waals surface area contributed by atoms with E-state index in [0.717, 1.165) is 63.9 Å². The highest BCUT2D eigenvalue weighted by Gasteiger charge is 2.24. The standard InChI is InChI=1S/C16H24ClN5O2/c1-12(17)16(23)20-13-3-2-4-22(10-13)15-9-14(18-11-19-15)21-5-7-24-8-6-21/h9,11-13H,2-8,10H2,1H3,(H,20,23). The SMILES string of the molecule is CC(Cl)C(=O)NC1CCCN(c2cc(N3CCOCC3)ncn2)C1. The van der Waals surface area contributed by atoms with Crippen molar-refractivity contribution in [2.45, 2.75) is 31.2 Å². The van der Waals surface area contributed by atoms with Gasteiger partial charge in [0.1, 0.15) is 23.3 Å². The molecule has 24 heavy (non-hydrogen) atoms. The normalized spacial score (nSPS) is 23.0. The summed E-state index contributed by atoms with van der Waals surface area (Å²) in [7, 11) is 0. The first-order chi connectivity index (χ1) is 11.6. The zero-order valence-corrected chi connectivity index (χ0v) is 14.7. The summed E-state index contributed by atoms with van der Waals surface area (Å²) in [5.74, 6) is 1.73. The van der Waals surface area contributed by atoms with Crippen LogP contribution in [0.3, 0.4) is 0 Å². The molecule has 0 bridgehead atoms. The summed E-state index contributed by atoms with van der Waals surface area (Å²) in [6.45, 7) is 6.53. The van der Waals surface area contributed by atoms with E-state index in [0.29, 0.717) is 0 Å². The lowest BCUT2D eigenvalue weighted by atomic mass is 10.1. The Balaban J connectivity index is 1.66. The second kappa shape index (κ2) is 7.98. The number of piperidine rings is 1. The van der Waals surface area contributed by atoms with Gasteiger partial charge in [-0.25, -0.2) is 9.97 Å². The third-order valence-electron chi connectivity index (χ3n) is 4.43. The summed E-state index contributed by atoms with van der Waals surface area (Å²) in [6, 6.07) is 2.13. The topological polar surface area (TPSA) is 70.6 Å². The predicted molar refractivity (Wildman–Crippen MR) is 93.8 cm³/mol. The van der Waals surface area contributed by atoms with Crippen molar-refractivity contribution in [3.63, 3.8) is 0 Å². The summed E-state index contributed by atoms with van der Waals surface area (Å²) in [6.07, 6.45) is 3.59. The number of aromatic nitrogens is 2. The Hall–Kier alpha value is -1.60. The highest BCUT2D eigenvalue weighted by atomic mass is 35.5. The molecule has 0 aliphatic carbocycles. The fraction of sp³-hybridized carbons (Fsp3) is 0.688. The molecule has 1 aromatic heterocycles. The van der Waals surface area contributed by atoms with Crippen molar-refractivity contribution in [1.82, 2.24) is 15.3 Å². The summed E-state index contributed by atoms with van der Waals surface area (Å²) < 4.78 is 5.39. The maximum Gasteiger partial charge on any atom is 0.238 e. The van der Waals surface area contributed by atoms with Crippen LogP contribution in [0.5, 0.6) is 0 Å². The van der Waals surface area contributed by atoms with Gasteiger partial charge in [-0.1, -0.05) is 0 Å². The molecule has 0 saturated carbocycles. The number of ether oxygens (including phenoxy) is 1. The number of anilines is 2. The minimum atomic E-state index is -0.507. The number of nitrogens with one attached hydrogen (secondary N) is 1. The van der Waals surface area contributed by atoms with E-state index in [1.165, 1.54) is 0 Å². The highest BCUT2D eigenvalue weighted by molar-refractivity contribution is 6.30. The molecule has 1 amide bonds. The molecule has 3 rings (SSSR count). The zero-order chi connectivity index (χ0) is 16.9. The molecule has 2 saturated heterocycles. The monoisotopic (exact) mass is 353 g/mol. The van der Waals surface area contributed by atoms with Crippen LogP contribution in [-0.4, -0.2) is 66.7 Å². The van der Waals surface area contributed by atoms with Crippen molar-refractivity contribution in [2.75, 3.05) is 49.2 Å². The minimum Gasteiger partial charge on any atom is -0.378 e. The van der Waals surface area contributed by atoms with Crippen LogP contribution in [0.1, 0.15) is 19.8 Å². The molecule has 2 fully saturated rings. The Labute approximate surface area is 147 Å². The molecule has 8 heteroatoms.